The number of amides is 1. The average Bonchev–Trinajstić information content (AvgIpc) is 2.46. The number of anilines is 1. The molecule has 0 bridgehead atoms. The Hall–Kier alpha value is -1.94. The third kappa shape index (κ3) is 3.09. The molecular formula is C15H12BrNO2. The molecule has 0 aromatic heterocycles. The van der Waals surface area contributed by atoms with Gasteiger partial charge in [0.25, 0.3) is 0 Å². The van der Waals surface area contributed by atoms with Crippen molar-refractivity contribution < 1.29 is 9.59 Å². The van der Waals surface area contributed by atoms with Crippen molar-refractivity contribution >= 4 is 33.8 Å². The van der Waals surface area contributed by atoms with Gasteiger partial charge in [0, 0.05) is 28.3 Å². The quantitative estimate of drug-likeness (QED) is 0.641. The summed E-state index contributed by atoms with van der Waals surface area (Å²) in [7, 11) is 1.66. The van der Waals surface area contributed by atoms with Crippen molar-refractivity contribution in [2.45, 2.75) is 0 Å². The molecule has 2 aromatic rings. The Morgan fingerprint density at radius 2 is 1.79 bits per heavy atom. The van der Waals surface area contributed by atoms with E-state index in [2.05, 4.69) is 15.9 Å². The molecule has 0 spiro atoms. The van der Waals surface area contributed by atoms with Crippen molar-refractivity contribution in [3.8, 4) is 0 Å². The first-order valence-electron chi connectivity index (χ1n) is 5.70. The molecule has 0 aliphatic carbocycles. The number of hydrogen-bond donors (Lipinski definition) is 0. The van der Waals surface area contributed by atoms with Crippen LogP contribution in [0.25, 0.3) is 0 Å². The third-order valence-electron chi connectivity index (χ3n) is 2.78. The molecule has 0 unspecified atom stereocenters. The summed E-state index contributed by atoms with van der Waals surface area (Å²) >= 11 is 3.35. The Kier molecular flexibility index (Phi) is 4.12. The maximum Gasteiger partial charge on any atom is 0.213 e. The molecule has 3 nitrogen and oxygen atoms in total. The third-order valence-corrected chi connectivity index (χ3v) is 3.27. The molecule has 4 heteroatoms. The van der Waals surface area contributed by atoms with Crippen molar-refractivity contribution in [1.82, 2.24) is 0 Å². The summed E-state index contributed by atoms with van der Waals surface area (Å²) < 4.78 is 0.871. The fourth-order valence-corrected chi connectivity index (χ4v) is 2.10. The first-order valence-corrected chi connectivity index (χ1v) is 6.49. The smallest absolute Gasteiger partial charge is 0.213 e. The molecule has 0 heterocycles. The molecule has 0 aliphatic rings. The van der Waals surface area contributed by atoms with E-state index >= 15 is 0 Å². The van der Waals surface area contributed by atoms with Gasteiger partial charge < -0.3 is 4.90 Å². The van der Waals surface area contributed by atoms with Crippen LogP contribution in [-0.2, 0) is 4.79 Å². The number of halogens is 1. The first kappa shape index (κ1) is 13.5. The zero-order valence-corrected chi connectivity index (χ0v) is 11.9. The minimum absolute atomic E-state index is 0.0402. The topological polar surface area (TPSA) is 37.4 Å². The summed E-state index contributed by atoms with van der Waals surface area (Å²) in [5.74, 6) is -0.0402. The molecule has 19 heavy (non-hydrogen) atoms. The van der Waals surface area contributed by atoms with Crippen LogP contribution in [0.3, 0.4) is 0 Å². The molecule has 1 amide bonds. The highest BCUT2D eigenvalue weighted by Gasteiger charge is 2.09. The number of rotatable bonds is 4. The van der Waals surface area contributed by atoms with Crippen LogP contribution in [0.2, 0.25) is 0 Å². The molecule has 0 fully saturated rings. The van der Waals surface area contributed by atoms with Crippen molar-refractivity contribution in [3.63, 3.8) is 0 Å². The van der Waals surface area contributed by atoms with E-state index in [9.17, 15) is 9.59 Å². The number of benzene rings is 2. The summed E-state index contributed by atoms with van der Waals surface area (Å²) in [5.41, 5.74) is 1.98. The van der Waals surface area contributed by atoms with Gasteiger partial charge in [-0.2, -0.15) is 0 Å². The predicted molar refractivity (Wildman–Crippen MR) is 78.5 cm³/mol. The summed E-state index contributed by atoms with van der Waals surface area (Å²) in [6.45, 7) is 0. The largest absolute Gasteiger partial charge is 0.318 e. The predicted octanol–water partition coefficient (Wildman–Crippen LogP) is 3.27. The monoisotopic (exact) mass is 317 g/mol. The van der Waals surface area contributed by atoms with Crippen LogP contribution in [0, 0.1) is 0 Å². The first-order chi connectivity index (χ1) is 9.11. The molecule has 0 N–H and O–H groups in total. The molecule has 2 rings (SSSR count). The normalized spacial score (nSPS) is 10.0. The highest BCUT2D eigenvalue weighted by atomic mass is 79.9. The summed E-state index contributed by atoms with van der Waals surface area (Å²) in [6, 6.07) is 14.2. The Bertz CT molecular complexity index is 608. The van der Waals surface area contributed by atoms with Gasteiger partial charge >= 0.3 is 0 Å². The van der Waals surface area contributed by atoms with E-state index in [4.69, 9.17) is 0 Å². The molecule has 0 aliphatic heterocycles. The zero-order valence-electron chi connectivity index (χ0n) is 10.3. The fourth-order valence-electron chi connectivity index (χ4n) is 1.71. The van der Waals surface area contributed by atoms with E-state index in [1.807, 2.05) is 12.1 Å². The zero-order chi connectivity index (χ0) is 13.8. The van der Waals surface area contributed by atoms with E-state index in [0.29, 0.717) is 11.1 Å². The minimum Gasteiger partial charge on any atom is -0.318 e. The van der Waals surface area contributed by atoms with Gasteiger partial charge in [0.05, 0.1) is 0 Å². The summed E-state index contributed by atoms with van der Waals surface area (Å²) in [4.78, 5) is 24.3. The van der Waals surface area contributed by atoms with Crippen LogP contribution >= 0.6 is 15.9 Å². The Balaban J connectivity index is 2.27. The van der Waals surface area contributed by atoms with Gasteiger partial charge in [0.15, 0.2) is 5.78 Å². The number of nitrogens with zero attached hydrogens (tertiary/aromatic N) is 1. The SMILES string of the molecule is CN(C=O)c1ccc(C(=O)c2cccc(Br)c2)cc1. The van der Waals surface area contributed by atoms with E-state index in [-0.39, 0.29) is 5.78 Å². The van der Waals surface area contributed by atoms with Gasteiger partial charge in [-0.1, -0.05) is 28.1 Å². The Morgan fingerprint density at radius 1 is 1.11 bits per heavy atom. The van der Waals surface area contributed by atoms with Gasteiger partial charge in [0.1, 0.15) is 0 Å². The lowest BCUT2D eigenvalue weighted by Gasteiger charge is -2.10. The average molecular weight is 318 g/mol. The Labute approximate surface area is 120 Å². The lowest BCUT2D eigenvalue weighted by Crippen LogP contribution is -2.13. The van der Waals surface area contributed by atoms with Gasteiger partial charge in [-0.25, -0.2) is 0 Å². The van der Waals surface area contributed by atoms with Gasteiger partial charge in [-0.15, -0.1) is 0 Å². The summed E-state index contributed by atoms with van der Waals surface area (Å²) in [5, 5.41) is 0. The van der Waals surface area contributed by atoms with Crippen molar-refractivity contribution in [3.05, 3.63) is 64.1 Å². The highest BCUT2D eigenvalue weighted by molar-refractivity contribution is 9.10. The summed E-state index contributed by atoms with van der Waals surface area (Å²) in [6.07, 6.45) is 0.727. The van der Waals surface area contributed by atoms with Crippen LogP contribution in [-0.4, -0.2) is 19.2 Å². The highest BCUT2D eigenvalue weighted by Crippen LogP contribution is 2.18. The van der Waals surface area contributed by atoms with Crippen LogP contribution in [0.4, 0.5) is 5.69 Å². The lowest BCUT2D eigenvalue weighted by molar-refractivity contribution is -0.107. The second-order valence-corrected chi connectivity index (χ2v) is 5.02. The lowest BCUT2D eigenvalue weighted by atomic mass is 10.0. The van der Waals surface area contributed by atoms with Gasteiger partial charge in [0.2, 0.25) is 6.41 Å². The van der Waals surface area contributed by atoms with Gasteiger partial charge in [-0.05, 0) is 36.4 Å². The van der Waals surface area contributed by atoms with Crippen molar-refractivity contribution in [1.29, 1.82) is 0 Å². The molecular weight excluding hydrogens is 306 g/mol. The van der Waals surface area contributed by atoms with Crippen molar-refractivity contribution in [2.24, 2.45) is 0 Å². The van der Waals surface area contributed by atoms with Crippen molar-refractivity contribution in [2.75, 3.05) is 11.9 Å². The standard InChI is InChI=1S/C15H12BrNO2/c1-17(10-18)14-7-5-11(6-8-14)15(19)12-3-2-4-13(16)9-12/h2-10H,1H3. The molecule has 96 valence electrons. The fraction of sp³-hybridized carbons (Fsp3) is 0.0667. The van der Waals surface area contributed by atoms with E-state index in [0.717, 1.165) is 16.6 Å². The van der Waals surface area contributed by atoms with Gasteiger partial charge in [-0.3, -0.25) is 9.59 Å². The second-order valence-electron chi connectivity index (χ2n) is 4.10. The van der Waals surface area contributed by atoms with Crippen LogP contribution < -0.4 is 4.90 Å². The van der Waals surface area contributed by atoms with Crippen LogP contribution in [0.5, 0.6) is 0 Å². The molecule has 0 saturated heterocycles. The maximum absolute atomic E-state index is 12.2. The van der Waals surface area contributed by atoms with Crippen LogP contribution in [0.15, 0.2) is 53.0 Å². The number of hydrogen-bond acceptors (Lipinski definition) is 2. The number of carbonyl (C=O) groups is 2. The Morgan fingerprint density at radius 3 is 2.37 bits per heavy atom. The maximum atomic E-state index is 12.2. The van der Waals surface area contributed by atoms with E-state index in [1.54, 1.807) is 43.4 Å². The molecule has 0 radical (unpaired) electrons. The number of carbonyl (C=O) groups excluding carboxylic acids is 2. The molecule has 2 aromatic carbocycles. The number of ketones is 1. The molecule has 0 atom stereocenters. The minimum atomic E-state index is -0.0402. The van der Waals surface area contributed by atoms with Crippen LogP contribution in [0.1, 0.15) is 15.9 Å². The second kappa shape index (κ2) is 5.80. The molecule has 0 saturated carbocycles. The van der Waals surface area contributed by atoms with E-state index < -0.39 is 0 Å². The van der Waals surface area contributed by atoms with E-state index in [1.165, 1.54) is 4.90 Å².